The maximum Gasteiger partial charge on any atom is 0.251 e. The third-order valence-electron chi connectivity index (χ3n) is 4.23. The second kappa shape index (κ2) is 7.83. The summed E-state index contributed by atoms with van der Waals surface area (Å²) in [5.74, 6) is 0.841. The van der Waals surface area contributed by atoms with E-state index in [1.165, 1.54) is 5.56 Å². The number of nitrogens with one attached hydrogen (secondary N) is 2. The Labute approximate surface area is 148 Å². The molecule has 2 N–H and O–H groups in total. The monoisotopic (exact) mass is 336 g/mol. The lowest BCUT2D eigenvalue weighted by molar-refractivity contribution is 0.0946. The minimum absolute atomic E-state index is 0.0158. The van der Waals surface area contributed by atoms with Gasteiger partial charge in [0.2, 0.25) is 0 Å². The van der Waals surface area contributed by atoms with Gasteiger partial charge in [-0.3, -0.25) is 4.79 Å². The van der Waals surface area contributed by atoms with Gasteiger partial charge in [0.25, 0.3) is 5.91 Å². The van der Waals surface area contributed by atoms with Gasteiger partial charge in [-0.1, -0.05) is 42.5 Å². The molecule has 0 spiro atoms. The molecule has 3 rings (SSSR count). The van der Waals surface area contributed by atoms with E-state index in [1.807, 2.05) is 49.3 Å². The molecule has 0 radical (unpaired) electrons. The first-order valence-corrected chi connectivity index (χ1v) is 8.53. The highest BCUT2D eigenvalue weighted by atomic mass is 16.1. The zero-order chi connectivity index (χ0) is 17.6. The number of hydrogen-bond acceptors (Lipinski definition) is 2. The predicted molar refractivity (Wildman–Crippen MR) is 101 cm³/mol. The summed E-state index contributed by atoms with van der Waals surface area (Å²) >= 11 is 0. The van der Waals surface area contributed by atoms with Gasteiger partial charge in [-0.2, -0.15) is 0 Å². The molecule has 1 amide bonds. The number of benzene rings is 2. The van der Waals surface area contributed by atoms with E-state index < -0.39 is 0 Å². The van der Waals surface area contributed by atoms with Gasteiger partial charge < -0.3 is 15.5 Å². The molecule has 0 bridgehead atoms. The second-order valence-corrected chi connectivity index (χ2v) is 6.37. The smallest absolute Gasteiger partial charge is 0.251 e. The van der Waals surface area contributed by atoms with Crippen LogP contribution in [-0.2, 0) is 19.5 Å². The molecule has 0 unspecified atom stereocenters. The number of fused-ring (bicyclic) bond motifs is 1. The van der Waals surface area contributed by atoms with Crippen LogP contribution in [0.3, 0.4) is 0 Å². The summed E-state index contributed by atoms with van der Waals surface area (Å²) in [5.41, 5.74) is 4.15. The van der Waals surface area contributed by atoms with Gasteiger partial charge >= 0.3 is 0 Å². The van der Waals surface area contributed by atoms with Crippen molar-refractivity contribution in [3.63, 3.8) is 0 Å². The molecule has 0 saturated heterocycles. The van der Waals surface area contributed by atoms with Crippen molar-refractivity contribution in [1.29, 1.82) is 0 Å². The number of hydrogen-bond donors (Lipinski definition) is 2. The molecule has 0 aliphatic carbocycles. The summed E-state index contributed by atoms with van der Waals surface area (Å²) in [6.45, 7) is 1.98. The molecular formula is C20H24N4O. The first-order valence-electron chi connectivity index (χ1n) is 8.53. The summed E-state index contributed by atoms with van der Waals surface area (Å²) in [7, 11) is 3.94. The van der Waals surface area contributed by atoms with Crippen molar-refractivity contribution >= 4 is 11.9 Å². The third-order valence-corrected chi connectivity index (χ3v) is 4.23. The fourth-order valence-electron chi connectivity index (χ4n) is 2.86. The fraction of sp³-hybridized carbons (Fsp3) is 0.300. The SMILES string of the molecule is CN(C)C(=NCc1ccc2c(c1)C(=O)NCC2)NCc1ccccc1. The van der Waals surface area contributed by atoms with Crippen LogP contribution in [0.15, 0.2) is 53.5 Å². The summed E-state index contributed by atoms with van der Waals surface area (Å²) in [6, 6.07) is 16.3. The first kappa shape index (κ1) is 17.0. The van der Waals surface area contributed by atoms with E-state index in [0.29, 0.717) is 6.54 Å². The van der Waals surface area contributed by atoms with Crippen LogP contribution < -0.4 is 10.6 Å². The van der Waals surface area contributed by atoms with Gasteiger partial charge in [-0.05, 0) is 29.2 Å². The van der Waals surface area contributed by atoms with Crippen molar-refractivity contribution in [2.24, 2.45) is 4.99 Å². The number of nitrogens with zero attached hydrogens (tertiary/aromatic N) is 2. The lowest BCUT2D eigenvalue weighted by atomic mass is 9.98. The Morgan fingerprint density at radius 3 is 2.72 bits per heavy atom. The van der Waals surface area contributed by atoms with Crippen molar-refractivity contribution in [3.05, 3.63) is 70.8 Å². The number of guanidine groups is 1. The molecular weight excluding hydrogens is 312 g/mol. The van der Waals surface area contributed by atoms with Gasteiger partial charge in [0, 0.05) is 32.7 Å². The number of rotatable bonds is 4. The molecule has 1 heterocycles. The zero-order valence-electron chi connectivity index (χ0n) is 14.7. The third kappa shape index (κ3) is 4.38. The molecule has 130 valence electrons. The first-order chi connectivity index (χ1) is 12.1. The van der Waals surface area contributed by atoms with Crippen LogP contribution in [0.2, 0.25) is 0 Å². The van der Waals surface area contributed by atoms with E-state index in [1.54, 1.807) is 0 Å². The van der Waals surface area contributed by atoms with E-state index in [9.17, 15) is 4.79 Å². The van der Waals surface area contributed by atoms with Crippen LogP contribution in [-0.4, -0.2) is 37.4 Å². The predicted octanol–water partition coefficient (Wildman–Crippen LogP) is 2.18. The van der Waals surface area contributed by atoms with E-state index in [2.05, 4.69) is 33.8 Å². The Kier molecular flexibility index (Phi) is 5.33. The highest BCUT2D eigenvalue weighted by molar-refractivity contribution is 5.96. The largest absolute Gasteiger partial charge is 0.352 e. The molecule has 25 heavy (non-hydrogen) atoms. The van der Waals surface area contributed by atoms with Crippen molar-refractivity contribution in [2.75, 3.05) is 20.6 Å². The van der Waals surface area contributed by atoms with Gasteiger partial charge in [0.1, 0.15) is 0 Å². The molecule has 5 nitrogen and oxygen atoms in total. The lowest BCUT2D eigenvalue weighted by Gasteiger charge is -2.19. The van der Waals surface area contributed by atoms with Crippen LogP contribution in [0.25, 0.3) is 0 Å². The number of amides is 1. The van der Waals surface area contributed by atoms with E-state index in [0.717, 1.165) is 42.2 Å². The van der Waals surface area contributed by atoms with Gasteiger partial charge in [0.05, 0.1) is 6.54 Å². The molecule has 5 heteroatoms. The maximum absolute atomic E-state index is 12.0. The molecule has 2 aromatic carbocycles. The van der Waals surface area contributed by atoms with Crippen LogP contribution in [0.5, 0.6) is 0 Å². The van der Waals surface area contributed by atoms with Crippen molar-refractivity contribution < 1.29 is 4.79 Å². The average Bonchev–Trinajstić information content (AvgIpc) is 2.63. The summed E-state index contributed by atoms with van der Waals surface area (Å²) in [4.78, 5) is 18.6. The van der Waals surface area contributed by atoms with Crippen LogP contribution in [0, 0.1) is 0 Å². The summed E-state index contributed by atoms with van der Waals surface area (Å²) < 4.78 is 0. The quantitative estimate of drug-likeness (QED) is 0.665. The van der Waals surface area contributed by atoms with E-state index in [-0.39, 0.29) is 5.91 Å². The fourth-order valence-corrected chi connectivity index (χ4v) is 2.86. The van der Waals surface area contributed by atoms with Gasteiger partial charge in [-0.25, -0.2) is 4.99 Å². The number of carbonyl (C=O) groups excluding carboxylic acids is 1. The highest BCUT2D eigenvalue weighted by Crippen LogP contribution is 2.16. The zero-order valence-corrected chi connectivity index (χ0v) is 14.7. The molecule has 1 aliphatic rings. The van der Waals surface area contributed by atoms with Crippen LogP contribution >= 0.6 is 0 Å². The summed E-state index contributed by atoms with van der Waals surface area (Å²) in [5, 5.41) is 6.27. The molecule has 1 aliphatic heterocycles. The van der Waals surface area contributed by atoms with Gasteiger partial charge in [-0.15, -0.1) is 0 Å². The Bertz CT molecular complexity index is 769. The van der Waals surface area contributed by atoms with E-state index in [4.69, 9.17) is 0 Å². The van der Waals surface area contributed by atoms with Crippen molar-refractivity contribution in [2.45, 2.75) is 19.5 Å². The van der Waals surface area contributed by atoms with Gasteiger partial charge in [0.15, 0.2) is 5.96 Å². The standard InChI is InChI=1S/C20H24N4O/c1-24(2)20(22-13-15-6-4-3-5-7-15)23-14-16-8-9-17-10-11-21-19(25)18(17)12-16/h3-9,12H,10-11,13-14H2,1-2H3,(H,21,25)(H,22,23). The summed E-state index contributed by atoms with van der Waals surface area (Å²) in [6.07, 6.45) is 0.895. The lowest BCUT2D eigenvalue weighted by Crippen LogP contribution is -2.36. The highest BCUT2D eigenvalue weighted by Gasteiger charge is 2.16. The Balaban J connectivity index is 1.69. The molecule has 0 aromatic heterocycles. The number of aliphatic imine (C=N–C) groups is 1. The van der Waals surface area contributed by atoms with Crippen molar-refractivity contribution in [1.82, 2.24) is 15.5 Å². The minimum Gasteiger partial charge on any atom is -0.352 e. The van der Waals surface area contributed by atoms with Crippen LogP contribution in [0.4, 0.5) is 0 Å². The maximum atomic E-state index is 12.0. The Morgan fingerprint density at radius 1 is 1.16 bits per heavy atom. The van der Waals surface area contributed by atoms with Crippen molar-refractivity contribution in [3.8, 4) is 0 Å². The normalized spacial score (nSPS) is 13.8. The molecule has 2 aromatic rings. The van der Waals surface area contributed by atoms with E-state index >= 15 is 0 Å². The topological polar surface area (TPSA) is 56.7 Å². The number of carbonyl (C=O) groups is 1. The molecule has 0 atom stereocenters. The van der Waals surface area contributed by atoms with Crippen LogP contribution in [0.1, 0.15) is 27.0 Å². The average molecular weight is 336 g/mol. The molecule has 0 fully saturated rings. The Hall–Kier alpha value is -2.82. The molecule has 0 saturated carbocycles. The Morgan fingerprint density at radius 2 is 1.96 bits per heavy atom. The minimum atomic E-state index is 0.0158. The second-order valence-electron chi connectivity index (χ2n) is 6.37.